The largest absolute Gasteiger partial charge is 0.484 e. The van der Waals surface area contributed by atoms with Crippen LogP contribution in [0.4, 0.5) is 13.2 Å². The lowest BCUT2D eigenvalue weighted by Crippen LogP contribution is -2.39. The van der Waals surface area contributed by atoms with Crippen molar-refractivity contribution >= 4 is 28.7 Å². The Balaban J connectivity index is 1.46. The molecule has 0 radical (unpaired) electrons. The summed E-state index contributed by atoms with van der Waals surface area (Å²) in [6, 6.07) is 7.43. The predicted molar refractivity (Wildman–Crippen MR) is 125 cm³/mol. The molecule has 0 saturated carbocycles. The molecule has 0 atom stereocenters. The third-order valence-corrected chi connectivity index (χ3v) is 6.65. The molecule has 3 heterocycles. The highest BCUT2D eigenvalue weighted by Crippen LogP contribution is 2.25. The maximum absolute atomic E-state index is 13.1. The number of aromatic amines is 1. The molecule has 1 aromatic carbocycles. The van der Waals surface area contributed by atoms with Gasteiger partial charge in [-0.05, 0) is 49.6 Å². The number of amides is 1. The number of aromatic nitrogens is 3. The van der Waals surface area contributed by atoms with Crippen molar-refractivity contribution in [2.24, 2.45) is 0 Å². The Morgan fingerprint density at radius 3 is 2.60 bits per heavy atom. The Hall–Kier alpha value is -2.99. The lowest BCUT2D eigenvalue weighted by Gasteiger charge is -2.29. The number of aliphatic hydroxyl groups is 1. The quantitative estimate of drug-likeness (QED) is 0.273. The minimum Gasteiger partial charge on any atom is -0.484 e. The number of benzene rings is 1. The average molecular weight is 511 g/mol. The molecule has 1 fully saturated rings. The van der Waals surface area contributed by atoms with Gasteiger partial charge in [-0.3, -0.25) is 14.2 Å². The van der Waals surface area contributed by atoms with Crippen LogP contribution in [-0.4, -0.2) is 68.2 Å². The summed E-state index contributed by atoms with van der Waals surface area (Å²) in [5, 5.41) is 10.0. The molecule has 1 aliphatic rings. The molecule has 0 unspecified atom stereocenters. The summed E-state index contributed by atoms with van der Waals surface area (Å²) in [5.41, 5.74) is 0.911. The number of hydrogen-bond acceptors (Lipinski definition) is 6. The maximum atomic E-state index is 13.1. The first-order valence-corrected chi connectivity index (χ1v) is 12.2. The zero-order chi connectivity index (χ0) is 25.0. The van der Waals surface area contributed by atoms with Crippen LogP contribution in [-0.2, 0) is 4.79 Å². The summed E-state index contributed by atoms with van der Waals surface area (Å²) >= 11 is 1.33. The maximum Gasteiger partial charge on any atom is 0.422 e. The van der Waals surface area contributed by atoms with Crippen LogP contribution < -0.4 is 10.3 Å². The van der Waals surface area contributed by atoms with E-state index in [1.54, 1.807) is 17.2 Å². The molecule has 1 amide bonds. The molecule has 2 N–H and O–H groups in total. The topological polar surface area (TPSA) is 100 Å². The SMILES string of the molecule is O=C(CCCSc1nc2cc[nH]c2c(=O)n1-c1ccc(OCC(F)(F)F)cc1)N1CCC(O)CC1. The number of carbonyl (C=O) groups is 1. The summed E-state index contributed by atoms with van der Waals surface area (Å²) in [6.07, 6.45) is -1.07. The number of aliphatic hydroxyl groups excluding tert-OH is 1. The third-order valence-electron chi connectivity index (χ3n) is 5.63. The first-order chi connectivity index (χ1) is 16.7. The van der Waals surface area contributed by atoms with Gasteiger partial charge in [0.1, 0.15) is 11.3 Å². The van der Waals surface area contributed by atoms with Crippen molar-refractivity contribution in [3.8, 4) is 11.4 Å². The van der Waals surface area contributed by atoms with Crippen LogP contribution in [0.2, 0.25) is 0 Å². The Labute approximate surface area is 203 Å². The number of hydrogen-bond donors (Lipinski definition) is 2. The minimum atomic E-state index is -4.45. The fourth-order valence-corrected chi connectivity index (χ4v) is 4.77. The first kappa shape index (κ1) is 25.1. The number of piperidine rings is 1. The summed E-state index contributed by atoms with van der Waals surface area (Å²) < 4.78 is 43.4. The minimum absolute atomic E-state index is 0.0333. The Bertz CT molecular complexity index is 1220. The molecule has 35 heavy (non-hydrogen) atoms. The van der Waals surface area contributed by atoms with Gasteiger partial charge in [0.05, 0.1) is 17.3 Å². The second-order valence-corrected chi connectivity index (χ2v) is 9.30. The Kier molecular flexibility index (Phi) is 7.70. The van der Waals surface area contributed by atoms with E-state index in [1.807, 2.05) is 0 Å². The number of rotatable bonds is 8. The van der Waals surface area contributed by atoms with E-state index in [9.17, 15) is 27.9 Å². The fraction of sp³-hybridized carbons (Fsp3) is 0.435. The van der Waals surface area contributed by atoms with E-state index in [0.717, 1.165) is 0 Å². The van der Waals surface area contributed by atoms with E-state index in [2.05, 4.69) is 9.97 Å². The van der Waals surface area contributed by atoms with E-state index in [1.165, 1.54) is 40.6 Å². The lowest BCUT2D eigenvalue weighted by atomic mass is 10.1. The van der Waals surface area contributed by atoms with Crippen molar-refractivity contribution in [3.63, 3.8) is 0 Å². The Morgan fingerprint density at radius 2 is 1.91 bits per heavy atom. The van der Waals surface area contributed by atoms with E-state index < -0.39 is 12.8 Å². The number of H-pyrrole nitrogens is 1. The zero-order valence-corrected chi connectivity index (χ0v) is 19.6. The fourth-order valence-electron chi connectivity index (χ4n) is 3.82. The van der Waals surface area contributed by atoms with E-state index >= 15 is 0 Å². The van der Waals surface area contributed by atoms with Crippen molar-refractivity contribution in [2.75, 3.05) is 25.4 Å². The van der Waals surface area contributed by atoms with Crippen LogP contribution in [0.5, 0.6) is 5.75 Å². The summed E-state index contributed by atoms with van der Waals surface area (Å²) in [4.78, 5) is 34.8. The molecule has 4 rings (SSSR count). The summed E-state index contributed by atoms with van der Waals surface area (Å²) in [6.45, 7) is -0.289. The highest BCUT2D eigenvalue weighted by atomic mass is 32.2. The van der Waals surface area contributed by atoms with Crippen molar-refractivity contribution in [2.45, 2.75) is 43.1 Å². The summed E-state index contributed by atoms with van der Waals surface area (Å²) in [5.74, 6) is 0.613. The number of nitrogens with zero attached hydrogens (tertiary/aromatic N) is 3. The van der Waals surface area contributed by atoms with Crippen molar-refractivity contribution in [3.05, 3.63) is 46.9 Å². The number of ether oxygens (including phenoxy) is 1. The number of likely N-dealkylation sites (tertiary alicyclic amines) is 1. The van der Waals surface area contributed by atoms with Gasteiger partial charge < -0.3 is 19.7 Å². The molecule has 0 spiro atoms. The van der Waals surface area contributed by atoms with Gasteiger partial charge in [0.2, 0.25) is 5.91 Å². The number of thioether (sulfide) groups is 1. The van der Waals surface area contributed by atoms with Gasteiger partial charge in [-0.25, -0.2) is 4.98 Å². The zero-order valence-electron chi connectivity index (χ0n) is 18.8. The van der Waals surface area contributed by atoms with Crippen LogP contribution in [0.3, 0.4) is 0 Å². The highest BCUT2D eigenvalue weighted by molar-refractivity contribution is 7.99. The molecule has 8 nitrogen and oxygen atoms in total. The van der Waals surface area contributed by atoms with Crippen molar-refractivity contribution in [1.29, 1.82) is 0 Å². The van der Waals surface area contributed by atoms with Gasteiger partial charge in [0.15, 0.2) is 11.8 Å². The van der Waals surface area contributed by atoms with E-state index in [4.69, 9.17) is 4.74 Å². The molecule has 0 bridgehead atoms. The smallest absolute Gasteiger partial charge is 0.422 e. The summed E-state index contributed by atoms with van der Waals surface area (Å²) in [7, 11) is 0. The first-order valence-electron chi connectivity index (χ1n) is 11.2. The van der Waals surface area contributed by atoms with Crippen molar-refractivity contribution in [1.82, 2.24) is 19.4 Å². The molecular formula is C23H25F3N4O4S. The van der Waals surface area contributed by atoms with Gasteiger partial charge in [-0.2, -0.15) is 13.2 Å². The molecule has 188 valence electrons. The standard InChI is InChI=1S/C23H25F3N4O4S/c24-23(25,26)14-34-17-5-3-15(4-6-17)30-21(33)20-18(7-10-27-20)28-22(30)35-13-1-2-19(32)29-11-8-16(31)9-12-29/h3-7,10,16,27,31H,1-2,8-9,11-14H2. The van der Waals surface area contributed by atoms with Gasteiger partial charge in [0.25, 0.3) is 5.56 Å². The van der Waals surface area contributed by atoms with Crippen molar-refractivity contribution < 1.29 is 27.8 Å². The van der Waals surface area contributed by atoms with Gasteiger partial charge in [0, 0.05) is 31.5 Å². The van der Waals surface area contributed by atoms with E-state index in [-0.39, 0.29) is 23.3 Å². The van der Waals surface area contributed by atoms with Gasteiger partial charge in [-0.15, -0.1) is 0 Å². The van der Waals surface area contributed by atoms with Crippen LogP contribution in [0.15, 0.2) is 46.5 Å². The Morgan fingerprint density at radius 1 is 1.20 bits per heavy atom. The third kappa shape index (κ3) is 6.37. The molecule has 2 aromatic heterocycles. The average Bonchev–Trinajstić information content (AvgIpc) is 3.30. The van der Waals surface area contributed by atoms with E-state index in [0.29, 0.717) is 66.4 Å². The number of fused-ring (bicyclic) bond motifs is 1. The van der Waals surface area contributed by atoms with Gasteiger partial charge >= 0.3 is 6.18 Å². The van der Waals surface area contributed by atoms with Crippen LogP contribution >= 0.6 is 11.8 Å². The molecule has 0 aliphatic carbocycles. The molecular weight excluding hydrogens is 485 g/mol. The molecule has 1 aliphatic heterocycles. The second-order valence-electron chi connectivity index (χ2n) is 8.23. The van der Waals surface area contributed by atoms with Crippen LogP contribution in [0.1, 0.15) is 25.7 Å². The van der Waals surface area contributed by atoms with Crippen LogP contribution in [0, 0.1) is 0 Å². The highest BCUT2D eigenvalue weighted by Gasteiger charge is 2.28. The van der Waals surface area contributed by atoms with Gasteiger partial charge in [-0.1, -0.05) is 11.8 Å². The molecule has 3 aromatic rings. The number of halogens is 3. The number of carbonyl (C=O) groups excluding carboxylic acids is 1. The molecule has 1 saturated heterocycles. The number of nitrogens with one attached hydrogen (secondary N) is 1. The molecule has 12 heteroatoms. The predicted octanol–water partition coefficient (Wildman–Crippen LogP) is 3.51. The second kappa shape index (κ2) is 10.7. The lowest BCUT2D eigenvalue weighted by molar-refractivity contribution is -0.153. The van der Waals surface area contributed by atoms with Crippen LogP contribution in [0.25, 0.3) is 16.7 Å². The number of alkyl halides is 3. The normalized spacial score (nSPS) is 15.0. The monoisotopic (exact) mass is 510 g/mol.